The maximum Gasteiger partial charge on any atom is 0.223 e. The number of hydrogen-bond acceptors (Lipinski definition) is 2. The number of nitrogens with zero attached hydrogens (tertiary/aromatic N) is 1. The molecule has 1 unspecified atom stereocenters. The average molecular weight is 314 g/mol. The highest BCUT2D eigenvalue weighted by molar-refractivity contribution is 6.52. The van der Waals surface area contributed by atoms with Gasteiger partial charge in [-0.15, -0.1) is 0 Å². The summed E-state index contributed by atoms with van der Waals surface area (Å²) in [5, 5.41) is 0. The topological polar surface area (TPSA) is 29.5 Å². The summed E-state index contributed by atoms with van der Waals surface area (Å²) in [6.07, 6.45) is 0.526. The van der Waals surface area contributed by atoms with Gasteiger partial charge < -0.3 is 9.64 Å². The second kappa shape index (κ2) is 4.81. The molecule has 0 N–H and O–H groups in total. The second-order valence-electron chi connectivity index (χ2n) is 5.70. The minimum atomic E-state index is -0.780. The zero-order valence-electron chi connectivity index (χ0n) is 11.5. The number of fused-ring (bicyclic) bond motifs is 1. The number of rotatable bonds is 3. The number of carbonyl (C=O) groups excluding carboxylic acids is 1. The van der Waals surface area contributed by atoms with E-state index in [1.807, 2.05) is 36.1 Å². The number of amides is 1. The molecule has 1 aliphatic carbocycles. The third-order valence-electron chi connectivity index (χ3n) is 4.35. The van der Waals surface area contributed by atoms with Crippen LogP contribution in [0.3, 0.4) is 0 Å². The summed E-state index contributed by atoms with van der Waals surface area (Å²) in [5.74, 6) is 1.40. The van der Waals surface area contributed by atoms with Crippen molar-refractivity contribution in [2.24, 2.45) is 11.8 Å². The minimum absolute atomic E-state index is 0.0517. The van der Waals surface area contributed by atoms with E-state index < -0.39 is 4.33 Å². The molecule has 0 spiro atoms. The first-order valence-electron chi connectivity index (χ1n) is 6.75. The maximum atomic E-state index is 12.2. The van der Waals surface area contributed by atoms with Gasteiger partial charge in [-0.3, -0.25) is 4.79 Å². The van der Waals surface area contributed by atoms with Crippen molar-refractivity contribution in [2.75, 3.05) is 7.11 Å². The molecule has 5 heteroatoms. The zero-order valence-corrected chi connectivity index (χ0v) is 13.0. The molecule has 1 saturated heterocycles. The molecule has 1 aromatic carbocycles. The predicted octanol–water partition coefficient (Wildman–Crippen LogP) is 3.24. The Morgan fingerprint density at radius 2 is 2.00 bits per heavy atom. The molecule has 20 heavy (non-hydrogen) atoms. The number of likely N-dealkylation sites (tertiary alicyclic amines) is 1. The van der Waals surface area contributed by atoms with E-state index in [4.69, 9.17) is 27.9 Å². The molecular formula is C15H17Cl2NO2. The first-order chi connectivity index (χ1) is 9.45. The second-order valence-corrected chi connectivity index (χ2v) is 7.14. The van der Waals surface area contributed by atoms with E-state index >= 15 is 0 Å². The summed E-state index contributed by atoms with van der Waals surface area (Å²) in [6.45, 7) is 2.60. The van der Waals surface area contributed by atoms with Gasteiger partial charge in [-0.2, -0.15) is 0 Å². The van der Waals surface area contributed by atoms with Crippen LogP contribution in [0, 0.1) is 11.8 Å². The van der Waals surface area contributed by atoms with Gasteiger partial charge in [0.2, 0.25) is 5.91 Å². The summed E-state index contributed by atoms with van der Waals surface area (Å²) in [6, 6.07) is 7.66. The largest absolute Gasteiger partial charge is 0.497 e. The molecule has 0 bridgehead atoms. The van der Waals surface area contributed by atoms with Gasteiger partial charge in [0.1, 0.15) is 10.1 Å². The van der Waals surface area contributed by atoms with E-state index in [2.05, 4.69) is 0 Å². The van der Waals surface area contributed by atoms with Gasteiger partial charge in [0, 0.05) is 18.9 Å². The highest BCUT2D eigenvalue weighted by Crippen LogP contribution is 2.62. The molecule has 0 aromatic heterocycles. The summed E-state index contributed by atoms with van der Waals surface area (Å²) >= 11 is 12.7. The molecule has 1 amide bonds. The van der Waals surface area contributed by atoms with Crippen molar-refractivity contribution in [1.29, 1.82) is 0 Å². The lowest BCUT2D eigenvalue weighted by Gasteiger charge is -2.29. The zero-order chi connectivity index (χ0) is 14.5. The van der Waals surface area contributed by atoms with Crippen LogP contribution in [0.5, 0.6) is 5.75 Å². The first kappa shape index (κ1) is 14.0. The van der Waals surface area contributed by atoms with Gasteiger partial charge in [-0.1, -0.05) is 42.3 Å². The Morgan fingerprint density at radius 1 is 1.35 bits per heavy atom. The Hall–Kier alpha value is -0.930. The number of methoxy groups -OCH3 is 1. The molecule has 3 nitrogen and oxygen atoms in total. The van der Waals surface area contributed by atoms with Crippen LogP contribution in [-0.4, -0.2) is 28.3 Å². The van der Waals surface area contributed by atoms with Crippen molar-refractivity contribution < 1.29 is 9.53 Å². The third-order valence-corrected chi connectivity index (χ3v) is 5.30. The van der Waals surface area contributed by atoms with Gasteiger partial charge in [0.15, 0.2) is 0 Å². The number of hydrogen-bond donors (Lipinski definition) is 0. The Bertz CT molecular complexity index is 529. The minimum Gasteiger partial charge on any atom is -0.497 e. The van der Waals surface area contributed by atoms with Crippen molar-refractivity contribution in [1.82, 2.24) is 4.90 Å². The molecule has 1 aliphatic heterocycles. The van der Waals surface area contributed by atoms with Crippen LogP contribution in [-0.2, 0) is 11.3 Å². The molecule has 108 valence electrons. The van der Waals surface area contributed by atoms with Crippen LogP contribution in [0.1, 0.15) is 18.9 Å². The average Bonchev–Trinajstić information content (AvgIpc) is 2.99. The fourth-order valence-electron chi connectivity index (χ4n) is 3.21. The first-order valence-corrected chi connectivity index (χ1v) is 7.51. The van der Waals surface area contributed by atoms with Gasteiger partial charge in [0.25, 0.3) is 0 Å². The van der Waals surface area contributed by atoms with Crippen molar-refractivity contribution >= 4 is 29.1 Å². The lowest BCUT2D eigenvalue weighted by Crippen LogP contribution is -2.39. The molecule has 3 atom stereocenters. The van der Waals surface area contributed by atoms with Gasteiger partial charge in [-0.05, 0) is 23.6 Å². The van der Waals surface area contributed by atoms with Crippen molar-refractivity contribution in [2.45, 2.75) is 30.3 Å². The molecule has 1 saturated carbocycles. The molecule has 1 aromatic rings. The molecule has 2 fully saturated rings. The fourth-order valence-corrected chi connectivity index (χ4v) is 4.26. The Balaban J connectivity index is 1.77. The smallest absolute Gasteiger partial charge is 0.223 e. The number of benzene rings is 1. The van der Waals surface area contributed by atoms with E-state index in [0.29, 0.717) is 13.0 Å². The number of carbonyl (C=O) groups is 1. The van der Waals surface area contributed by atoms with Gasteiger partial charge >= 0.3 is 0 Å². The van der Waals surface area contributed by atoms with Crippen LogP contribution >= 0.6 is 23.2 Å². The number of ether oxygens (including phenoxy) is 1. The van der Waals surface area contributed by atoms with Crippen molar-refractivity contribution in [3.8, 4) is 5.75 Å². The van der Waals surface area contributed by atoms with Crippen LogP contribution in [0.25, 0.3) is 0 Å². The molecule has 2 aliphatic rings. The predicted molar refractivity (Wildman–Crippen MR) is 79.0 cm³/mol. The molecule has 0 radical (unpaired) electrons. The monoisotopic (exact) mass is 313 g/mol. The molecule has 1 heterocycles. The van der Waals surface area contributed by atoms with Crippen molar-refractivity contribution in [3.63, 3.8) is 0 Å². The SMILES string of the molecule is COc1ccc(CN2C(=O)CC(C)[C@H]3[C@H]2C3(Cl)Cl)cc1. The van der Waals surface area contributed by atoms with E-state index in [-0.39, 0.29) is 23.8 Å². The van der Waals surface area contributed by atoms with E-state index in [9.17, 15) is 4.79 Å². The van der Waals surface area contributed by atoms with Gasteiger partial charge in [0.05, 0.1) is 13.2 Å². The van der Waals surface area contributed by atoms with Crippen LogP contribution in [0.2, 0.25) is 0 Å². The standard InChI is InChI=1S/C15H17Cl2NO2/c1-9-7-12(19)18(14-13(9)15(14,16)17)8-10-3-5-11(20-2)6-4-10/h3-6,9,13-14H,7-8H2,1-2H3/t9?,13-,14-/m0/s1. The summed E-state index contributed by atoms with van der Waals surface area (Å²) in [7, 11) is 1.63. The number of halogens is 2. The molecular weight excluding hydrogens is 297 g/mol. The Kier molecular flexibility index (Phi) is 3.38. The fraction of sp³-hybridized carbons (Fsp3) is 0.533. The lowest BCUT2D eigenvalue weighted by molar-refractivity contribution is -0.136. The maximum absolute atomic E-state index is 12.2. The lowest BCUT2D eigenvalue weighted by atomic mass is 9.97. The van der Waals surface area contributed by atoms with Crippen molar-refractivity contribution in [3.05, 3.63) is 29.8 Å². The quantitative estimate of drug-likeness (QED) is 0.802. The normalized spacial score (nSPS) is 30.9. The summed E-state index contributed by atoms with van der Waals surface area (Å²) in [4.78, 5) is 14.1. The summed E-state index contributed by atoms with van der Waals surface area (Å²) in [5.41, 5.74) is 1.06. The third kappa shape index (κ3) is 2.17. The van der Waals surface area contributed by atoms with Crippen LogP contribution in [0.15, 0.2) is 24.3 Å². The van der Waals surface area contributed by atoms with E-state index in [1.54, 1.807) is 7.11 Å². The molecule has 3 rings (SSSR count). The van der Waals surface area contributed by atoms with E-state index in [0.717, 1.165) is 11.3 Å². The number of alkyl halides is 2. The highest BCUT2D eigenvalue weighted by atomic mass is 35.5. The summed E-state index contributed by atoms with van der Waals surface area (Å²) < 4.78 is 4.35. The number of piperidine rings is 1. The Labute approximate surface area is 128 Å². The Morgan fingerprint density at radius 3 is 2.60 bits per heavy atom. The van der Waals surface area contributed by atoms with E-state index in [1.165, 1.54) is 0 Å². The highest BCUT2D eigenvalue weighted by Gasteiger charge is 2.70. The van der Waals surface area contributed by atoms with Crippen LogP contribution < -0.4 is 4.74 Å². The van der Waals surface area contributed by atoms with Crippen LogP contribution in [0.4, 0.5) is 0 Å². The van der Waals surface area contributed by atoms with Gasteiger partial charge in [-0.25, -0.2) is 0 Å².